The van der Waals surface area contributed by atoms with Crippen molar-refractivity contribution in [2.45, 2.75) is 18.8 Å². The molecule has 1 aliphatic rings. The molecule has 38 heavy (non-hydrogen) atoms. The summed E-state index contributed by atoms with van der Waals surface area (Å²) in [5.41, 5.74) is 4.75. The minimum Gasteiger partial charge on any atom is -0.497 e. The van der Waals surface area contributed by atoms with E-state index in [1.165, 1.54) is 0 Å². The molecule has 0 fully saturated rings. The van der Waals surface area contributed by atoms with Gasteiger partial charge in [-0.05, 0) is 42.3 Å². The number of carbonyl (C=O) groups is 1. The van der Waals surface area contributed by atoms with Crippen molar-refractivity contribution in [1.82, 2.24) is 4.98 Å². The van der Waals surface area contributed by atoms with E-state index in [1.54, 1.807) is 14.0 Å². The number of nitrogens with one attached hydrogen (secondary N) is 2. The Hall–Kier alpha value is -4.55. The highest BCUT2D eigenvalue weighted by molar-refractivity contribution is 5.99. The van der Waals surface area contributed by atoms with Crippen LogP contribution in [0.2, 0.25) is 0 Å². The number of H-pyrrole nitrogens is 1. The van der Waals surface area contributed by atoms with Crippen LogP contribution in [-0.2, 0) is 15.1 Å². The van der Waals surface area contributed by atoms with E-state index < -0.39 is 17.8 Å². The molecule has 5 aromatic rings. The van der Waals surface area contributed by atoms with Crippen LogP contribution in [0.5, 0.6) is 5.75 Å². The number of fused-ring (bicyclic) bond motifs is 2. The number of benzene rings is 4. The molecular weight excluding hydrogens is 476 g/mol. The molecular formula is C32H28N2O4. The van der Waals surface area contributed by atoms with Crippen molar-refractivity contribution in [3.05, 3.63) is 131 Å². The number of methoxy groups -OCH3 is 1. The molecule has 0 aliphatic carbocycles. The van der Waals surface area contributed by atoms with Crippen molar-refractivity contribution in [2.24, 2.45) is 0 Å². The number of aromatic amines is 1. The molecule has 190 valence electrons. The molecule has 6 nitrogen and oxygen atoms in total. The first-order chi connectivity index (χ1) is 18.7. The number of aromatic nitrogens is 1. The summed E-state index contributed by atoms with van der Waals surface area (Å²) in [5.74, 6) is 0.244. The average molecular weight is 505 g/mol. The Morgan fingerprint density at radius 2 is 1.55 bits per heavy atom. The maximum Gasteiger partial charge on any atom is 0.355 e. The van der Waals surface area contributed by atoms with Crippen molar-refractivity contribution in [2.75, 3.05) is 19.0 Å². The smallest absolute Gasteiger partial charge is 0.355 e. The van der Waals surface area contributed by atoms with Crippen LogP contribution in [0.15, 0.2) is 103 Å². The fourth-order valence-corrected chi connectivity index (χ4v) is 5.37. The summed E-state index contributed by atoms with van der Waals surface area (Å²) in [4.78, 5) is 16.5. The summed E-state index contributed by atoms with van der Waals surface area (Å²) >= 11 is 0. The summed E-state index contributed by atoms with van der Waals surface area (Å²) in [6.07, 6.45) is -0.689. The SMILES string of the molecule is CCOC(=O)c1[nH]c2ccc(OC)cc2c1[C@@H]1Nc2ccccc2C(c2ccccc2)(c2ccccc2)O1. The number of hydrogen-bond acceptors (Lipinski definition) is 5. The zero-order valence-electron chi connectivity index (χ0n) is 21.2. The lowest BCUT2D eigenvalue weighted by atomic mass is 9.78. The number of rotatable bonds is 6. The van der Waals surface area contributed by atoms with Crippen molar-refractivity contribution < 1.29 is 19.0 Å². The van der Waals surface area contributed by atoms with Crippen LogP contribution in [0.3, 0.4) is 0 Å². The van der Waals surface area contributed by atoms with Gasteiger partial charge >= 0.3 is 5.97 Å². The molecule has 0 bridgehead atoms. The van der Waals surface area contributed by atoms with Crippen molar-refractivity contribution in [3.8, 4) is 5.75 Å². The quantitative estimate of drug-likeness (QED) is 0.249. The van der Waals surface area contributed by atoms with Gasteiger partial charge in [-0.1, -0.05) is 78.9 Å². The fraction of sp³-hybridized carbons (Fsp3) is 0.156. The van der Waals surface area contributed by atoms with Crippen LogP contribution in [0.25, 0.3) is 10.9 Å². The van der Waals surface area contributed by atoms with Gasteiger partial charge in [0, 0.05) is 27.7 Å². The fourth-order valence-electron chi connectivity index (χ4n) is 5.37. The van der Waals surface area contributed by atoms with Crippen LogP contribution in [-0.4, -0.2) is 24.7 Å². The lowest BCUT2D eigenvalue weighted by Gasteiger charge is -2.44. The van der Waals surface area contributed by atoms with Gasteiger partial charge in [0.1, 0.15) is 17.0 Å². The van der Waals surface area contributed by atoms with Gasteiger partial charge in [-0.15, -0.1) is 0 Å². The third-order valence-corrected chi connectivity index (χ3v) is 7.04. The van der Waals surface area contributed by atoms with E-state index in [-0.39, 0.29) is 6.61 Å². The highest BCUT2D eigenvalue weighted by atomic mass is 16.5. The first-order valence-electron chi connectivity index (χ1n) is 12.7. The Kier molecular flexibility index (Phi) is 6.10. The van der Waals surface area contributed by atoms with Crippen LogP contribution < -0.4 is 10.1 Å². The number of carbonyl (C=O) groups excluding carboxylic acids is 1. The Labute approximate surface area is 221 Å². The maximum absolute atomic E-state index is 13.2. The maximum atomic E-state index is 13.2. The lowest BCUT2D eigenvalue weighted by molar-refractivity contribution is -0.0431. The van der Waals surface area contributed by atoms with E-state index in [4.69, 9.17) is 14.2 Å². The van der Waals surface area contributed by atoms with Gasteiger partial charge in [-0.3, -0.25) is 0 Å². The second kappa shape index (κ2) is 9.72. The summed E-state index contributed by atoms with van der Waals surface area (Å²) in [6.45, 7) is 2.06. The minimum atomic E-state index is -0.941. The molecule has 0 saturated heterocycles. The standard InChI is InChI=1S/C32H28N2O4/c1-3-37-31(35)29-28(24-20-23(36-2)18-19-26(24)33-29)30-34-27-17-11-10-16-25(27)32(38-30,21-12-6-4-7-13-21)22-14-8-5-9-15-22/h4-20,30,33-34H,3H2,1-2H3/t30-/m1/s1. The van der Waals surface area contributed by atoms with Crippen molar-refractivity contribution >= 4 is 22.6 Å². The molecule has 0 unspecified atom stereocenters. The van der Waals surface area contributed by atoms with Crippen LogP contribution in [0.4, 0.5) is 5.69 Å². The van der Waals surface area contributed by atoms with E-state index in [1.807, 2.05) is 72.8 Å². The Morgan fingerprint density at radius 1 is 0.895 bits per heavy atom. The summed E-state index contributed by atoms with van der Waals surface area (Å²) in [6, 6.07) is 34.2. The van der Waals surface area contributed by atoms with Crippen molar-refractivity contribution in [3.63, 3.8) is 0 Å². The van der Waals surface area contributed by atoms with Gasteiger partial charge in [-0.2, -0.15) is 0 Å². The predicted molar refractivity (Wildman–Crippen MR) is 147 cm³/mol. The Morgan fingerprint density at radius 3 is 2.21 bits per heavy atom. The highest BCUT2D eigenvalue weighted by Gasteiger charge is 2.46. The minimum absolute atomic E-state index is 0.261. The Balaban J connectivity index is 1.64. The van der Waals surface area contributed by atoms with Crippen LogP contribution >= 0.6 is 0 Å². The number of hydrogen-bond donors (Lipinski definition) is 2. The molecule has 1 aliphatic heterocycles. The molecule has 0 radical (unpaired) electrons. The zero-order chi connectivity index (χ0) is 26.1. The highest BCUT2D eigenvalue weighted by Crippen LogP contribution is 2.51. The van der Waals surface area contributed by atoms with E-state index in [0.717, 1.165) is 33.3 Å². The van der Waals surface area contributed by atoms with E-state index in [2.05, 4.69) is 40.6 Å². The van der Waals surface area contributed by atoms with Crippen molar-refractivity contribution in [1.29, 1.82) is 0 Å². The number of esters is 1. The number of para-hydroxylation sites is 1. The molecule has 1 aromatic heterocycles. The lowest BCUT2D eigenvalue weighted by Crippen LogP contribution is -2.41. The monoisotopic (exact) mass is 504 g/mol. The molecule has 6 heteroatoms. The third-order valence-electron chi connectivity index (χ3n) is 7.04. The molecule has 2 N–H and O–H groups in total. The molecule has 2 heterocycles. The Bertz CT molecular complexity index is 1550. The van der Waals surface area contributed by atoms with Gasteiger partial charge in [0.05, 0.1) is 13.7 Å². The van der Waals surface area contributed by atoms with Gasteiger partial charge < -0.3 is 24.5 Å². The van der Waals surface area contributed by atoms with Gasteiger partial charge in [0.25, 0.3) is 0 Å². The third kappa shape index (κ3) is 3.81. The molecule has 4 aromatic carbocycles. The number of anilines is 1. The first kappa shape index (κ1) is 23.8. The van der Waals surface area contributed by atoms with Crippen LogP contribution in [0, 0.1) is 0 Å². The topological polar surface area (TPSA) is 72.6 Å². The zero-order valence-corrected chi connectivity index (χ0v) is 21.2. The molecule has 1 atom stereocenters. The average Bonchev–Trinajstić information content (AvgIpc) is 3.36. The predicted octanol–water partition coefficient (Wildman–Crippen LogP) is 6.79. The summed E-state index contributed by atoms with van der Waals surface area (Å²) < 4.78 is 18.2. The van der Waals surface area contributed by atoms with Gasteiger partial charge in [0.15, 0.2) is 6.23 Å². The van der Waals surface area contributed by atoms with Crippen LogP contribution in [0.1, 0.15) is 45.9 Å². The molecule has 6 rings (SSSR count). The summed E-state index contributed by atoms with van der Waals surface area (Å²) in [5, 5.41) is 4.39. The largest absolute Gasteiger partial charge is 0.497 e. The van der Waals surface area contributed by atoms with E-state index in [9.17, 15) is 4.79 Å². The molecule has 0 spiro atoms. The number of ether oxygens (including phenoxy) is 3. The normalized spacial score (nSPS) is 15.9. The van der Waals surface area contributed by atoms with Gasteiger partial charge in [0.2, 0.25) is 0 Å². The molecule has 0 amide bonds. The van der Waals surface area contributed by atoms with Gasteiger partial charge in [-0.25, -0.2) is 4.79 Å². The second-order valence-electron chi connectivity index (χ2n) is 9.15. The summed E-state index contributed by atoms with van der Waals surface area (Å²) in [7, 11) is 1.63. The second-order valence-corrected chi connectivity index (χ2v) is 9.15. The molecule has 0 saturated carbocycles. The first-order valence-corrected chi connectivity index (χ1v) is 12.7. The van der Waals surface area contributed by atoms with E-state index in [0.29, 0.717) is 17.0 Å². The van der Waals surface area contributed by atoms with E-state index >= 15 is 0 Å².